The molecule has 0 saturated carbocycles. The second-order valence-corrected chi connectivity index (χ2v) is 6.82. The van der Waals surface area contributed by atoms with Crippen LogP contribution in [0.4, 0.5) is 0 Å². The summed E-state index contributed by atoms with van der Waals surface area (Å²) >= 11 is 0. The summed E-state index contributed by atoms with van der Waals surface area (Å²) in [5.74, 6) is -0.721. The van der Waals surface area contributed by atoms with Gasteiger partial charge in [-0.1, -0.05) is 19.1 Å². The Bertz CT molecular complexity index is 851. The maximum Gasteiger partial charge on any atom is 0.267 e. The number of carbonyl (C=O) groups is 1. The van der Waals surface area contributed by atoms with Gasteiger partial charge in [0.25, 0.3) is 11.5 Å². The zero-order valence-electron chi connectivity index (χ0n) is 16.0. The first-order valence-electron chi connectivity index (χ1n) is 9.41. The van der Waals surface area contributed by atoms with Crippen molar-refractivity contribution in [1.82, 2.24) is 9.88 Å². The number of aryl methyl sites for hydroxylation is 1. The maximum atomic E-state index is 12.8. The number of para-hydroxylation sites is 1. The third kappa shape index (κ3) is 5.17. The summed E-state index contributed by atoms with van der Waals surface area (Å²) in [7, 11) is 0. The quantitative estimate of drug-likeness (QED) is 0.366. The Kier molecular flexibility index (Phi) is 9.75. The van der Waals surface area contributed by atoms with Crippen LogP contribution in [0.3, 0.4) is 0 Å². The van der Waals surface area contributed by atoms with Crippen LogP contribution in [0.25, 0.3) is 10.9 Å². The van der Waals surface area contributed by atoms with Gasteiger partial charge in [-0.3, -0.25) is 9.59 Å². The first-order chi connectivity index (χ1) is 12.6. The maximum absolute atomic E-state index is 12.8. The number of aromatic nitrogens is 1. The highest BCUT2D eigenvalue weighted by molar-refractivity contribution is 6.02. The molecule has 1 aliphatic heterocycles. The molecule has 7 nitrogen and oxygen atoms in total. The molecular weight excluding hydrogens is 403 g/mol. The molecule has 1 amide bonds. The van der Waals surface area contributed by atoms with E-state index < -0.39 is 11.5 Å². The van der Waals surface area contributed by atoms with Crippen molar-refractivity contribution >= 4 is 16.8 Å². The summed E-state index contributed by atoms with van der Waals surface area (Å²) < 4.78 is 1.58. The van der Waals surface area contributed by atoms with Gasteiger partial charge in [0.1, 0.15) is 37.5 Å². The molecule has 0 unspecified atom stereocenters. The monoisotopic (exact) mass is 430 g/mol. The van der Waals surface area contributed by atoms with E-state index in [0.717, 1.165) is 39.1 Å². The lowest BCUT2D eigenvalue weighted by molar-refractivity contribution is -0.945. The van der Waals surface area contributed by atoms with Gasteiger partial charge in [0, 0.05) is 11.9 Å². The number of nitrogens with zero attached hydrogens (tertiary/aromatic N) is 1. The van der Waals surface area contributed by atoms with Crippen molar-refractivity contribution in [2.45, 2.75) is 19.9 Å². The van der Waals surface area contributed by atoms with E-state index in [0.29, 0.717) is 24.0 Å². The molecule has 0 atom stereocenters. The highest BCUT2D eigenvalue weighted by atomic mass is 35.5. The lowest BCUT2D eigenvalue weighted by atomic mass is 10.1. The molecule has 3 rings (SSSR count). The summed E-state index contributed by atoms with van der Waals surface area (Å²) in [5.41, 5.74) is 0.0713. The summed E-state index contributed by atoms with van der Waals surface area (Å²) in [4.78, 5) is 26.9. The molecule has 9 heteroatoms. The fourth-order valence-electron chi connectivity index (χ4n) is 3.61. The van der Waals surface area contributed by atoms with Crippen LogP contribution in [0.5, 0.6) is 5.75 Å². The third-order valence-electron chi connectivity index (χ3n) is 4.99. The minimum absolute atomic E-state index is 0. The Balaban J connectivity index is 0.00000196. The molecule has 5 N–H and O–H groups in total. The number of fused-ring (bicyclic) bond motifs is 1. The molecule has 0 aliphatic carbocycles. The number of halogens is 2. The average molecular weight is 431 g/mol. The van der Waals surface area contributed by atoms with Crippen molar-refractivity contribution < 1.29 is 44.9 Å². The Morgan fingerprint density at radius 1 is 1.25 bits per heavy atom. The predicted octanol–water partition coefficient (Wildman–Crippen LogP) is -7.68. The van der Waals surface area contributed by atoms with Gasteiger partial charge in [-0.05, 0) is 18.6 Å². The van der Waals surface area contributed by atoms with Crippen molar-refractivity contribution in [2.24, 2.45) is 0 Å². The van der Waals surface area contributed by atoms with Crippen LogP contribution in [-0.2, 0) is 6.54 Å². The number of hydrogen-bond donors (Lipinski definition) is 4. The summed E-state index contributed by atoms with van der Waals surface area (Å²) in [5, 5.41) is 16.2. The number of carbonyl (C=O) groups excluding carboxylic acids is 1. The number of nitrogens with two attached hydrogens (primary N) is 1. The van der Waals surface area contributed by atoms with E-state index in [9.17, 15) is 14.7 Å². The van der Waals surface area contributed by atoms with Gasteiger partial charge in [-0.2, -0.15) is 0 Å². The number of amides is 1. The lowest BCUT2D eigenvalue weighted by Crippen LogP contribution is -3.20. The van der Waals surface area contributed by atoms with Crippen LogP contribution in [-0.4, -0.2) is 54.8 Å². The van der Waals surface area contributed by atoms with Gasteiger partial charge in [-0.15, -0.1) is 0 Å². The van der Waals surface area contributed by atoms with Gasteiger partial charge in [0.05, 0.1) is 18.6 Å². The molecule has 2 heterocycles. The van der Waals surface area contributed by atoms with Crippen LogP contribution < -0.4 is 45.9 Å². The zero-order valence-corrected chi connectivity index (χ0v) is 17.5. The molecule has 0 spiro atoms. The summed E-state index contributed by atoms with van der Waals surface area (Å²) in [6.45, 7) is 8.19. The number of piperazine rings is 1. The SMILES string of the molecule is CCCn1c(=O)c(C(=O)NCC[NH+]2CC[NH2+]CC2)c(O)c2ccccc21.[Cl-].[Cl-]. The third-order valence-corrected chi connectivity index (χ3v) is 4.99. The molecule has 156 valence electrons. The smallest absolute Gasteiger partial charge is 0.267 e. The van der Waals surface area contributed by atoms with E-state index >= 15 is 0 Å². The van der Waals surface area contributed by atoms with E-state index in [2.05, 4.69) is 10.6 Å². The minimum Gasteiger partial charge on any atom is -1.00 e. The van der Waals surface area contributed by atoms with Crippen LogP contribution in [0.2, 0.25) is 0 Å². The van der Waals surface area contributed by atoms with Crippen molar-refractivity contribution in [2.75, 3.05) is 39.3 Å². The van der Waals surface area contributed by atoms with Gasteiger partial charge in [-0.25, -0.2) is 0 Å². The Hall–Kier alpha value is -1.80. The van der Waals surface area contributed by atoms with E-state index in [4.69, 9.17) is 0 Å². The number of nitrogens with one attached hydrogen (secondary N) is 2. The van der Waals surface area contributed by atoms with Crippen molar-refractivity contribution in [3.8, 4) is 5.75 Å². The molecule has 2 aromatic rings. The standard InChI is InChI=1S/C19H26N4O3.2ClH/c1-2-10-23-15-6-4-3-5-14(15)17(24)16(19(23)26)18(25)21-9-13-22-11-7-20-8-12-22;;/h3-6,20,24H,2,7-13H2,1H3,(H,21,25);2*1H. The molecule has 1 fully saturated rings. The van der Waals surface area contributed by atoms with E-state index in [-0.39, 0.29) is 36.1 Å². The Morgan fingerprint density at radius 3 is 2.61 bits per heavy atom. The van der Waals surface area contributed by atoms with Crippen molar-refractivity contribution in [3.05, 3.63) is 40.2 Å². The Labute approximate surface area is 176 Å². The summed E-state index contributed by atoms with van der Waals surface area (Å²) in [6, 6.07) is 7.15. The van der Waals surface area contributed by atoms with Crippen LogP contribution in [0.1, 0.15) is 23.7 Å². The minimum atomic E-state index is -0.494. The average Bonchev–Trinajstić information content (AvgIpc) is 2.66. The fourth-order valence-corrected chi connectivity index (χ4v) is 3.61. The molecule has 1 aromatic carbocycles. The molecule has 0 radical (unpaired) electrons. The van der Waals surface area contributed by atoms with E-state index in [1.807, 2.05) is 13.0 Å². The first-order valence-corrected chi connectivity index (χ1v) is 9.41. The van der Waals surface area contributed by atoms with Crippen LogP contribution in [0, 0.1) is 0 Å². The largest absolute Gasteiger partial charge is 1.00 e. The summed E-state index contributed by atoms with van der Waals surface area (Å²) in [6.07, 6.45) is 0.769. The molecule has 1 saturated heterocycles. The van der Waals surface area contributed by atoms with Gasteiger partial charge in [0.2, 0.25) is 0 Å². The van der Waals surface area contributed by atoms with E-state index in [1.54, 1.807) is 22.8 Å². The number of rotatable bonds is 6. The predicted molar refractivity (Wildman–Crippen MR) is 99.7 cm³/mol. The number of quaternary nitrogens is 2. The lowest BCUT2D eigenvalue weighted by Gasteiger charge is -2.22. The van der Waals surface area contributed by atoms with Crippen LogP contribution >= 0.6 is 0 Å². The molecular formula is C19H28Cl2N4O3. The topological polar surface area (TPSA) is 92.4 Å². The number of hydrogen-bond acceptors (Lipinski definition) is 3. The van der Waals surface area contributed by atoms with Gasteiger partial charge in [0.15, 0.2) is 0 Å². The van der Waals surface area contributed by atoms with Gasteiger partial charge < -0.3 is 50.0 Å². The van der Waals surface area contributed by atoms with Crippen LogP contribution in [0.15, 0.2) is 29.1 Å². The number of benzene rings is 1. The highest BCUT2D eigenvalue weighted by Gasteiger charge is 2.22. The van der Waals surface area contributed by atoms with Crippen molar-refractivity contribution in [1.29, 1.82) is 0 Å². The number of aromatic hydroxyl groups is 1. The zero-order chi connectivity index (χ0) is 18.5. The molecule has 1 aromatic heterocycles. The first kappa shape index (κ1) is 24.2. The normalized spacial score (nSPS) is 14.2. The Morgan fingerprint density at radius 2 is 1.93 bits per heavy atom. The second kappa shape index (κ2) is 11.3. The van der Waals surface area contributed by atoms with E-state index in [1.165, 1.54) is 4.90 Å². The van der Waals surface area contributed by atoms with Gasteiger partial charge >= 0.3 is 0 Å². The highest BCUT2D eigenvalue weighted by Crippen LogP contribution is 2.26. The van der Waals surface area contributed by atoms with Crippen molar-refractivity contribution in [3.63, 3.8) is 0 Å². The fraction of sp³-hybridized carbons (Fsp3) is 0.474. The number of pyridine rings is 1. The molecule has 28 heavy (non-hydrogen) atoms. The molecule has 0 bridgehead atoms. The second-order valence-electron chi connectivity index (χ2n) is 6.82. The molecule has 1 aliphatic rings.